The van der Waals surface area contributed by atoms with Gasteiger partial charge in [0.1, 0.15) is 5.75 Å². The molecule has 0 saturated carbocycles. The van der Waals surface area contributed by atoms with E-state index in [1.807, 2.05) is 18.2 Å². The molecular weight excluding hydrogens is 324 g/mol. The Morgan fingerprint density at radius 1 is 1.25 bits per heavy atom. The summed E-state index contributed by atoms with van der Waals surface area (Å²) in [6, 6.07) is 12.2. The number of rotatable bonds is 5. The maximum Gasteiger partial charge on any atom is 0.269 e. The molecule has 0 saturated heterocycles. The van der Waals surface area contributed by atoms with E-state index in [0.717, 1.165) is 21.5 Å². The fourth-order valence-electron chi connectivity index (χ4n) is 1.72. The van der Waals surface area contributed by atoms with Crippen LogP contribution in [0.15, 0.2) is 46.9 Å². The lowest BCUT2D eigenvalue weighted by atomic mass is 10.2. The van der Waals surface area contributed by atoms with Crippen molar-refractivity contribution in [2.45, 2.75) is 6.54 Å². The molecule has 20 heavy (non-hydrogen) atoms. The van der Waals surface area contributed by atoms with Crippen LogP contribution in [0.4, 0.5) is 11.4 Å². The first-order valence-electron chi connectivity index (χ1n) is 5.91. The Labute approximate surface area is 124 Å². The van der Waals surface area contributed by atoms with Gasteiger partial charge in [0, 0.05) is 24.4 Å². The zero-order valence-electron chi connectivity index (χ0n) is 10.8. The molecule has 2 rings (SSSR count). The number of anilines is 1. The molecule has 0 aliphatic heterocycles. The number of nitro groups is 1. The zero-order valence-corrected chi connectivity index (χ0v) is 12.4. The van der Waals surface area contributed by atoms with Crippen molar-refractivity contribution in [2.24, 2.45) is 0 Å². The van der Waals surface area contributed by atoms with Gasteiger partial charge in [-0.1, -0.05) is 6.07 Å². The van der Waals surface area contributed by atoms with Crippen LogP contribution in [0.25, 0.3) is 0 Å². The molecule has 0 unspecified atom stereocenters. The van der Waals surface area contributed by atoms with Crippen molar-refractivity contribution in [3.8, 4) is 5.75 Å². The van der Waals surface area contributed by atoms with Gasteiger partial charge >= 0.3 is 0 Å². The number of non-ortho nitro benzene ring substituents is 1. The molecule has 1 N–H and O–H groups in total. The van der Waals surface area contributed by atoms with Crippen LogP contribution in [-0.4, -0.2) is 12.0 Å². The van der Waals surface area contributed by atoms with Gasteiger partial charge in [-0.3, -0.25) is 10.1 Å². The smallest absolute Gasteiger partial charge is 0.269 e. The summed E-state index contributed by atoms with van der Waals surface area (Å²) in [5.41, 5.74) is 2.00. The van der Waals surface area contributed by atoms with Gasteiger partial charge in [-0.2, -0.15) is 0 Å². The maximum atomic E-state index is 10.6. The summed E-state index contributed by atoms with van der Waals surface area (Å²) in [4.78, 5) is 10.1. The maximum absolute atomic E-state index is 10.6. The molecule has 5 nitrogen and oxygen atoms in total. The molecule has 0 spiro atoms. The molecule has 0 aliphatic rings. The highest BCUT2D eigenvalue weighted by Crippen LogP contribution is 2.26. The van der Waals surface area contributed by atoms with Crippen LogP contribution >= 0.6 is 15.9 Å². The SMILES string of the molecule is COc1ccc(CNc2ccc([N+](=O)[O-])cc2)cc1Br. The van der Waals surface area contributed by atoms with Crippen molar-refractivity contribution in [1.82, 2.24) is 0 Å². The highest BCUT2D eigenvalue weighted by molar-refractivity contribution is 9.10. The first-order chi connectivity index (χ1) is 9.60. The quantitative estimate of drug-likeness (QED) is 0.662. The molecule has 0 amide bonds. The van der Waals surface area contributed by atoms with Crippen LogP contribution in [0, 0.1) is 10.1 Å². The number of hydrogen-bond acceptors (Lipinski definition) is 4. The second-order valence-electron chi connectivity index (χ2n) is 4.13. The van der Waals surface area contributed by atoms with Gasteiger partial charge in [0.2, 0.25) is 0 Å². The molecule has 0 heterocycles. The number of nitrogens with zero attached hydrogens (tertiary/aromatic N) is 1. The number of hydrogen-bond donors (Lipinski definition) is 1. The van der Waals surface area contributed by atoms with Crippen molar-refractivity contribution in [1.29, 1.82) is 0 Å². The highest BCUT2D eigenvalue weighted by atomic mass is 79.9. The Kier molecular flexibility index (Phi) is 4.57. The average molecular weight is 337 g/mol. The predicted molar refractivity (Wildman–Crippen MR) is 81.1 cm³/mol. The fraction of sp³-hybridized carbons (Fsp3) is 0.143. The minimum absolute atomic E-state index is 0.0859. The highest BCUT2D eigenvalue weighted by Gasteiger charge is 2.04. The number of methoxy groups -OCH3 is 1. The third kappa shape index (κ3) is 3.48. The summed E-state index contributed by atoms with van der Waals surface area (Å²) in [7, 11) is 1.62. The van der Waals surface area contributed by atoms with E-state index < -0.39 is 4.92 Å². The Morgan fingerprint density at radius 3 is 2.50 bits per heavy atom. The summed E-state index contributed by atoms with van der Waals surface area (Å²) in [5, 5.41) is 13.8. The Hall–Kier alpha value is -2.08. The van der Waals surface area contributed by atoms with Crippen LogP contribution in [-0.2, 0) is 6.54 Å². The largest absolute Gasteiger partial charge is 0.496 e. The van der Waals surface area contributed by atoms with Gasteiger partial charge in [-0.15, -0.1) is 0 Å². The van der Waals surface area contributed by atoms with E-state index >= 15 is 0 Å². The van der Waals surface area contributed by atoms with Gasteiger partial charge in [0.15, 0.2) is 0 Å². The number of benzene rings is 2. The van der Waals surface area contributed by atoms with Crippen LogP contribution in [0.5, 0.6) is 5.75 Å². The summed E-state index contributed by atoms with van der Waals surface area (Å²) >= 11 is 3.43. The summed E-state index contributed by atoms with van der Waals surface area (Å²) < 4.78 is 6.06. The normalized spacial score (nSPS) is 10.1. The summed E-state index contributed by atoms with van der Waals surface area (Å²) in [6.07, 6.45) is 0. The topological polar surface area (TPSA) is 64.4 Å². The molecular formula is C14H13BrN2O3. The van der Waals surface area contributed by atoms with E-state index in [1.54, 1.807) is 19.2 Å². The molecule has 0 aliphatic carbocycles. The Balaban J connectivity index is 2.01. The van der Waals surface area contributed by atoms with E-state index in [1.165, 1.54) is 12.1 Å². The predicted octanol–water partition coefficient (Wildman–Crippen LogP) is 3.98. The molecule has 0 atom stereocenters. The van der Waals surface area contributed by atoms with Gasteiger partial charge in [-0.25, -0.2) is 0 Å². The third-order valence-electron chi connectivity index (χ3n) is 2.79. The molecule has 0 aromatic heterocycles. The van der Waals surface area contributed by atoms with E-state index in [9.17, 15) is 10.1 Å². The molecule has 0 bridgehead atoms. The van der Waals surface area contributed by atoms with Gasteiger partial charge < -0.3 is 10.1 Å². The number of halogens is 1. The summed E-state index contributed by atoms with van der Waals surface area (Å²) in [6.45, 7) is 0.625. The lowest BCUT2D eigenvalue weighted by molar-refractivity contribution is -0.384. The second-order valence-corrected chi connectivity index (χ2v) is 4.98. The molecule has 6 heteroatoms. The number of ether oxygens (including phenoxy) is 1. The lowest BCUT2D eigenvalue weighted by Crippen LogP contribution is -2.00. The van der Waals surface area contributed by atoms with Crippen molar-refractivity contribution in [3.05, 3.63) is 62.6 Å². The van der Waals surface area contributed by atoms with Crippen molar-refractivity contribution in [2.75, 3.05) is 12.4 Å². The minimum atomic E-state index is -0.412. The molecule has 104 valence electrons. The fourth-order valence-corrected chi connectivity index (χ4v) is 2.31. The van der Waals surface area contributed by atoms with E-state index in [2.05, 4.69) is 21.2 Å². The Morgan fingerprint density at radius 2 is 1.95 bits per heavy atom. The van der Waals surface area contributed by atoms with Gasteiger partial charge in [0.25, 0.3) is 5.69 Å². The Bertz CT molecular complexity index is 614. The monoisotopic (exact) mass is 336 g/mol. The second kappa shape index (κ2) is 6.38. The average Bonchev–Trinajstić information content (AvgIpc) is 2.45. The number of nitro benzene ring substituents is 1. The molecule has 0 radical (unpaired) electrons. The van der Waals surface area contributed by atoms with E-state index in [4.69, 9.17) is 4.74 Å². The first kappa shape index (κ1) is 14.3. The van der Waals surface area contributed by atoms with Crippen molar-refractivity contribution < 1.29 is 9.66 Å². The zero-order chi connectivity index (χ0) is 14.5. The number of nitrogens with one attached hydrogen (secondary N) is 1. The van der Waals surface area contributed by atoms with Crippen LogP contribution in [0.1, 0.15) is 5.56 Å². The third-order valence-corrected chi connectivity index (χ3v) is 3.41. The lowest BCUT2D eigenvalue weighted by Gasteiger charge is -2.08. The van der Waals surface area contributed by atoms with Crippen LogP contribution < -0.4 is 10.1 Å². The molecule has 2 aromatic rings. The molecule has 0 fully saturated rings. The van der Waals surface area contributed by atoms with Crippen LogP contribution in [0.3, 0.4) is 0 Å². The summed E-state index contributed by atoms with van der Waals surface area (Å²) in [5.74, 6) is 0.782. The minimum Gasteiger partial charge on any atom is -0.496 e. The first-order valence-corrected chi connectivity index (χ1v) is 6.70. The standard InChI is InChI=1S/C14H13BrN2O3/c1-20-14-7-2-10(8-13(14)15)9-16-11-3-5-12(6-4-11)17(18)19/h2-8,16H,9H2,1H3. The van der Waals surface area contributed by atoms with Crippen molar-refractivity contribution in [3.63, 3.8) is 0 Å². The van der Waals surface area contributed by atoms with Crippen molar-refractivity contribution >= 4 is 27.3 Å². The van der Waals surface area contributed by atoms with Crippen LogP contribution in [0.2, 0.25) is 0 Å². The molecule has 2 aromatic carbocycles. The van der Waals surface area contributed by atoms with E-state index in [0.29, 0.717) is 6.54 Å². The van der Waals surface area contributed by atoms with Gasteiger partial charge in [-0.05, 0) is 45.8 Å². The van der Waals surface area contributed by atoms with Gasteiger partial charge in [0.05, 0.1) is 16.5 Å². The van der Waals surface area contributed by atoms with E-state index in [-0.39, 0.29) is 5.69 Å².